The van der Waals surface area contributed by atoms with Crippen LogP contribution in [0.4, 0.5) is 0 Å². The molecule has 1 heterocycles. The average Bonchev–Trinajstić information content (AvgIpc) is 2.33. The van der Waals surface area contributed by atoms with Gasteiger partial charge in [-0.05, 0) is 24.6 Å². The molecule has 2 N–H and O–H groups in total. The second kappa shape index (κ2) is 4.89. The summed E-state index contributed by atoms with van der Waals surface area (Å²) in [7, 11) is 0. The average molecular weight is 283 g/mol. The molecule has 19 heavy (non-hydrogen) atoms. The van der Waals surface area contributed by atoms with Crippen LogP contribution >= 0.6 is 11.6 Å². The lowest BCUT2D eigenvalue weighted by Crippen LogP contribution is -2.35. The summed E-state index contributed by atoms with van der Waals surface area (Å²) in [4.78, 5) is 36.9. The predicted octanol–water partition coefficient (Wildman–Crippen LogP) is 1.38. The lowest BCUT2D eigenvalue weighted by molar-refractivity contribution is -0.141. The fourth-order valence-electron chi connectivity index (χ4n) is 2.01. The summed E-state index contributed by atoms with van der Waals surface area (Å²) >= 11 is 5.85. The van der Waals surface area contributed by atoms with Crippen LogP contribution in [-0.2, 0) is 4.79 Å². The molecule has 0 bridgehead atoms. The number of nitrogens with one attached hydrogen (secondary N) is 1. The van der Waals surface area contributed by atoms with Crippen molar-refractivity contribution in [1.82, 2.24) is 9.55 Å². The zero-order chi connectivity index (χ0) is 14.2. The number of aromatic amines is 1. The molecule has 2 aromatic rings. The molecule has 0 aliphatic heterocycles. The van der Waals surface area contributed by atoms with Gasteiger partial charge >= 0.3 is 11.7 Å². The van der Waals surface area contributed by atoms with Crippen molar-refractivity contribution in [3.63, 3.8) is 0 Å². The number of hydrogen-bond acceptors (Lipinski definition) is 3. The monoisotopic (exact) mass is 282 g/mol. The Hall–Kier alpha value is -2.08. The Morgan fingerprint density at radius 1 is 1.47 bits per heavy atom. The van der Waals surface area contributed by atoms with Crippen LogP contribution in [0.2, 0.25) is 5.02 Å². The van der Waals surface area contributed by atoms with Crippen molar-refractivity contribution in [3.8, 4) is 0 Å². The van der Waals surface area contributed by atoms with E-state index in [-0.39, 0.29) is 17.3 Å². The molecule has 7 heteroatoms. The van der Waals surface area contributed by atoms with Gasteiger partial charge in [-0.3, -0.25) is 14.3 Å². The molecule has 0 aliphatic carbocycles. The van der Waals surface area contributed by atoms with Gasteiger partial charge < -0.3 is 5.11 Å². The van der Waals surface area contributed by atoms with E-state index in [1.807, 2.05) is 0 Å². The maximum Gasteiger partial charge on any atom is 0.329 e. The first-order chi connectivity index (χ1) is 8.95. The summed E-state index contributed by atoms with van der Waals surface area (Å²) in [6.45, 7) is 1.65. The van der Waals surface area contributed by atoms with Gasteiger partial charge in [-0.25, -0.2) is 9.59 Å². The predicted molar refractivity (Wildman–Crippen MR) is 70.8 cm³/mol. The van der Waals surface area contributed by atoms with E-state index in [9.17, 15) is 14.4 Å². The highest BCUT2D eigenvalue weighted by Gasteiger charge is 2.21. The number of aromatic nitrogens is 2. The van der Waals surface area contributed by atoms with Crippen molar-refractivity contribution < 1.29 is 9.90 Å². The molecule has 0 spiro atoms. The summed E-state index contributed by atoms with van der Waals surface area (Å²) in [6.07, 6.45) is 0.211. The van der Waals surface area contributed by atoms with E-state index in [4.69, 9.17) is 16.7 Å². The third-order valence-electron chi connectivity index (χ3n) is 2.89. The number of hydrogen-bond donors (Lipinski definition) is 2. The summed E-state index contributed by atoms with van der Waals surface area (Å²) in [5.41, 5.74) is -1.10. The Morgan fingerprint density at radius 3 is 2.74 bits per heavy atom. The van der Waals surface area contributed by atoms with Crippen molar-refractivity contribution in [3.05, 3.63) is 44.1 Å². The van der Waals surface area contributed by atoms with Gasteiger partial charge in [0.25, 0.3) is 5.56 Å². The van der Waals surface area contributed by atoms with E-state index < -0.39 is 23.3 Å². The van der Waals surface area contributed by atoms with Crippen LogP contribution in [-0.4, -0.2) is 20.6 Å². The molecule has 0 radical (unpaired) electrons. The van der Waals surface area contributed by atoms with Gasteiger partial charge in [0.15, 0.2) is 0 Å². The van der Waals surface area contributed by atoms with Crippen LogP contribution in [0, 0.1) is 0 Å². The number of benzene rings is 1. The quantitative estimate of drug-likeness (QED) is 0.889. The van der Waals surface area contributed by atoms with Crippen LogP contribution in [0.15, 0.2) is 27.8 Å². The maximum atomic E-state index is 11.9. The first kappa shape index (κ1) is 13.4. The standard InChI is InChI=1S/C12H11ClN2O4/c1-2-8(11(17)18)15-9-5-6(13)3-4-7(9)10(16)14-12(15)19/h3-5,8H,2H2,1H3,(H,17,18)(H,14,16,19). The zero-order valence-corrected chi connectivity index (χ0v) is 10.8. The Morgan fingerprint density at radius 2 is 2.16 bits per heavy atom. The van der Waals surface area contributed by atoms with Gasteiger partial charge in [0.2, 0.25) is 0 Å². The Bertz CT molecular complexity index is 762. The largest absolute Gasteiger partial charge is 0.480 e. The van der Waals surface area contributed by atoms with Crippen molar-refractivity contribution in [2.75, 3.05) is 0 Å². The Balaban J connectivity index is 2.94. The molecule has 1 aromatic carbocycles. The van der Waals surface area contributed by atoms with Gasteiger partial charge in [-0.1, -0.05) is 18.5 Å². The maximum absolute atomic E-state index is 11.9. The summed E-state index contributed by atoms with van der Waals surface area (Å²) < 4.78 is 1.05. The highest BCUT2D eigenvalue weighted by molar-refractivity contribution is 6.31. The number of fused-ring (bicyclic) bond motifs is 1. The molecule has 1 unspecified atom stereocenters. The molecule has 0 saturated carbocycles. The van der Waals surface area contributed by atoms with E-state index in [0.29, 0.717) is 5.02 Å². The molecule has 0 fully saturated rings. The number of carboxylic acid groups (broad SMARTS) is 1. The van der Waals surface area contributed by atoms with Crippen LogP contribution < -0.4 is 11.2 Å². The highest BCUT2D eigenvalue weighted by Crippen LogP contribution is 2.19. The minimum atomic E-state index is -1.14. The van der Waals surface area contributed by atoms with Crippen molar-refractivity contribution >= 4 is 28.5 Å². The number of H-pyrrole nitrogens is 1. The minimum Gasteiger partial charge on any atom is -0.480 e. The van der Waals surface area contributed by atoms with E-state index in [2.05, 4.69) is 4.98 Å². The van der Waals surface area contributed by atoms with Crippen LogP contribution in [0.25, 0.3) is 10.9 Å². The second-order valence-corrected chi connectivity index (χ2v) is 4.49. The van der Waals surface area contributed by atoms with Gasteiger partial charge in [-0.2, -0.15) is 0 Å². The van der Waals surface area contributed by atoms with Gasteiger partial charge in [-0.15, -0.1) is 0 Å². The number of carbonyl (C=O) groups is 1. The Kier molecular flexibility index (Phi) is 3.44. The van der Waals surface area contributed by atoms with Crippen LogP contribution in [0.3, 0.4) is 0 Å². The summed E-state index contributed by atoms with van der Waals surface area (Å²) in [5.74, 6) is -1.14. The molecular formula is C12H11ClN2O4. The van der Waals surface area contributed by atoms with E-state index >= 15 is 0 Å². The van der Waals surface area contributed by atoms with E-state index in [0.717, 1.165) is 4.57 Å². The minimum absolute atomic E-state index is 0.211. The first-order valence-electron chi connectivity index (χ1n) is 5.62. The van der Waals surface area contributed by atoms with Crippen LogP contribution in [0.1, 0.15) is 19.4 Å². The third kappa shape index (κ3) is 2.26. The highest BCUT2D eigenvalue weighted by atomic mass is 35.5. The van der Waals surface area contributed by atoms with Gasteiger partial charge in [0.05, 0.1) is 10.9 Å². The molecular weight excluding hydrogens is 272 g/mol. The number of carboxylic acids is 1. The first-order valence-corrected chi connectivity index (χ1v) is 6.00. The third-order valence-corrected chi connectivity index (χ3v) is 3.12. The molecule has 0 amide bonds. The van der Waals surface area contributed by atoms with Crippen LogP contribution in [0.5, 0.6) is 0 Å². The molecule has 100 valence electrons. The normalized spacial score (nSPS) is 12.5. The molecule has 1 aromatic heterocycles. The lowest BCUT2D eigenvalue weighted by atomic mass is 10.2. The molecule has 2 rings (SSSR count). The van der Waals surface area contributed by atoms with Gasteiger partial charge in [0.1, 0.15) is 6.04 Å². The molecule has 0 saturated heterocycles. The SMILES string of the molecule is CCC(C(=O)O)n1c(=O)[nH]c(=O)c2ccc(Cl)cc21. The van der Waals surface area contributed by atoms with Crippen molar-refractivity contribution in [2.45, 2.75) is 19.4 Å². The summed E-state index contributed by atoms with van der Waals surface area (Å²) in [6, 6.07) is 3.33. The van der Waals surface area contributed by atoms with Crippen molar-refractivity contribution in [1.29, 1.82) is 0 Å². The number of rotatable bonds is 3. The molecule has 6 nitrogen and oxygen atoms in total. The fourth-order valence-corrected chi connectivity index (χ4v) is 2.17. The fraction of sp³-hybridized carbons (Fsp3) is 0.250. The smallest absolute Gasteiger partial charge is 0.329 e. The number of aliphatic carboxylic acids is 1. The van der Waals surface area contributed by atoms with Gasteiger partial charge in [0, 0.05) is 5.02 Å². The number of halogens is 1. The number of nitrogens with zero attached hydrogens (tertiary/aromatic N) is 1. The summed E-state index contributed by atoms with van der Waals surface area (Å²) in [5, 5.41) is 9.72. The molecule has 1 atom stereocenters. The second-order valence-electron chi connectivity index (χ2n) is 4.05. The van der Waals surface area contributed by atoms with E-state index in [1.165, 1.54) is 18.2 Å². The molecule has 0 aliphatic rings. The topological polar surface area (TPSA) is 92.2 Å². The zero-order valence-electron chi connectivity index (χ0n) is 10.0. The lowest BCUT2D eigenvalue weighted by Gasteiger charge is -2.15. The Labute approximate surface area is 112 Å². The van der Waals surface area contributed by atoms with E-state index in [1.54, 1.807) is 6.92 Å². The van der Waals surface area contributed by atoms with Crippen molar-refractivity contribution in [2.24, 2.45) is 0 Å².